The van der Waals surface area contributed by atoms with Crippen LogP contribution in [0.25, 0.3) is 0 Å². The average Bonchev–Trinajstić information content (AvgIpc) is 3.25. The number of thioether (sulfide) groups is 1. The summed E-state index contributed by atoms with van der Waals surface area (Å²) in [6.07, 6.45) is 3.71. The molecule has 0 spiro atoms. The number of hydrogen-bond acceptors (Lipinski definition) is 6. The summed E-state index contributed by atoms with van der Waals surface area (Å²) in [6.45, 7) is 2.09. The van der Waals surface area contributed by atoms with Gasteiger partial charge < -0.3 is 25.1 Å². The number of carbonyl (C=O) groups excluding carboxylic acids is 4. The molecule has 3 atom stereocenters. The van der Waals surface area contributed by atoms with Gasteiger partial charge >= 0.3 is 6.09 Å². The van der Waals surface area contributed by atoms with E-state index in [0.717, 1.165) is 17.6 Å². The first-order valence-corrected chi connectivity index (χ1v) is 11.4. The molecule has 8 nitrogen and oxygen atoms in total. The summed E-state index contributed by atoms with van der Waals surface area (Å²) in [7, 11) is 0. The van der Waals surface area contributed by atoms with E-state index in [1.807, 2.05) is 36.6 Å². The minimum Gasteiger partial charge on any atom is -0.445 e. The molecule has 2 rings (SSSR count). The number of alkyl carbamates (subject to hydrolysis) is 1. The normalized spacial score (nSPS) is 17.7. The summed E-state index contributed by atoms with van der Waals surface area (Å²) in [5.41, 5.74) is 0.842. The maximum Gasteiger partial charge on any atom is 0.408 e. The number of ether oxygens (including phenoxy) is 1. The van der Waals surface area contributed by atoms with Gasteiger partial charge in [0.1, 0.15) is 25.0 Å². The minimum absolute atomic E-state index is 0.103. The molecule has 1 aliphatic rings. The van der Waals surface area contributed by atoms with Crippen molar-refractivity contribution < 1.29 is 23.9 Å². The second-order valence-corrected chi connectivity index (χ2v) is 8.14. The third-order valence-corrected chi connectivity index (χ3v) is 5.52. The molecule has 0 unspecified atom stereocenters. The summed E-state index contributed by atoms with van der Waals surface area (Å²) < 4.78 is 5.15. The third-order valence-electron chi connectivity index (χ3n) is 4.88. The third kappa shape index (κ3) is 7.05. The van der Waals surface area contributed by atoms with Gasteiger partial charge in [0.2, 0.25) is 11.8 Å². The van der Waals surface area contributed by atoms with Crippen LogP contribution in [-0.2, 0) is 25.7 Å². The van der Waals surface area contributed by atoms with E-state index in [-0.39, 0.29) is 18.4 Å². The lowest BCUT2D eigenvalue weighted by Crippen LogP contribution is -2.54. The molecular weight excluding hydrogens is 406 g/mol. The topological polar surface area (TPSA) is 105 Å². The molecule has 0 bridgehead atoms. The lowest BCUT2D eigenvalue weighted by Gasteiger charge is -2.27. The van der Waals surface area contributed by atoms with Crippen molar-refractivity contribution in [3.63, 3.8) is 0 Å². The maximum absolute atomic E-state index is 12.8. The lowest BCUT2D eigenvalue weighted by molar-refractivity contribution is -0.140. The summed E-state index contributed by atoms with van der Waals surface area (Å²) >= 11 is 1.60. The lowest BCUT2D eigenvalue weighted by atomic mass is 10.1. The van der Waals surface area contributed by atoms with E-state index in [9.17, 15) is 19.2 Å². The SMILES string of the molecule is CSCC[C@@H](C=O)NC(=O)[C@@H]1CCCN1C(=O)[C@H](C)NC(=O)OCc1ccccc1. The predicted octanol–water partition coefficient (Wildman–Crippen LogP) is 1.73. The Kier molecular flexibility index (Phi) is 9.66. The monoisotopic (exact) mass is 435 g/mol. The number of benzene rings is 1. The van der Waals surface area contributed by atoms with Crippen LogP contribution >= 0.6 is 11.8 Å². The molecule has 1 aromatic carbocycles. The fraction of sp³-hybridized carbons (Fsp3) is 0.524. The molecule has 164 valence electrons. The quantitative estimate of drug-likeness (QED) is 0.543. The molecule has 0 aliphatic carbocycles. The average molecular weight is 436 g/mol. The molecule has 1 fully saturated rings. The van der Waals surface area contributed by atoms with Crippen LogP contribution in [0.2, 0.25) is 0 Å². The van der Waals surface area contributed by atoms with E-state index < -0.39 is 24.2 Å². The Hall–Kier alpha value is -2.55. The van der Waals surface area contributed by atoms with Gasteiger partial charge in [-0.25, -0.2) is 4.79 Å². The van der Waals surface area contributed by atoms with Gasteiger partial charge in [0.05, 0.1) is 6.04 Å². The first kappa shape index (κ1) is 23.7. The van der Waals surface area contributed by atoms with Crippen LogP contribution in [0.3, 0.4) is 0 Å². The van der Waals surface area contributed by atoms with Crippen LogP contribution in [0, 0.1) is 0 Å². The minimum atomic E-state index is -0.833. The van der Waals surface area contributed by atoms with Crippen LogP contribution in [0.5, 0.6) is 0 Å². The van der Waals surface area contributed by atoms with Crippen LogP contribution in [-0.4, -0.2) is 65.8 Å². The van der Waals surface area contributed by atoms with E-state index in [1.165, 1.54) is 4.90 Å². The number of rotatable bonds is 10. The zero-order valence-corrected chi connectivity index (χ0v) is 18.2. The van der Waals surface area contributed by atoms with Crippen molar-refractivity contribution in [3.8, 4) is 0 Å². The van der Waals surface area contributed by atoms with Gasteiger partial charge in [-0.3, -0.25) is 9.59 Å². The largest absolute Gasteiger partial charge is 0.445 e. The van der Waals surface area contributed by atoms with Crippen molar-refractivity contribution in [2.45, 2.75) is 50.9 Å². The summed E-state index contributed by atoms with van der Waals surface area (Å²) in [5.74, 6) is 0.0669. The Morgan fingerprint density at radius 1 is 1.27 bits per heavy atom. The number of aldehydes is 1. The fourth-order valence-electron chi connectivity index (χ4n) is 3.25. The molecule has 3 amide bonds. The Labute approximate surface area is 181 Å². The highest BCUT2D eigenvalue weighted by Crippen LogP contribution is 2.19. The van der Waals surface area contributed by atoms with E-state index >= 15 is 0 Å². The van der Waals surface area contributed by atoms with Gasteiger partial charge in [-0.05, 0) is 43.8 Å². The second kappa shape index (κ2) is 12.2. The summed E-state index contributed by atoms with van der Waals surface area (Å²) in [4.78, 5) is 50.1. The molecule has 9 heteroatoms. The van der Waals surface area contributed by atoms with E-state index in [0.29, 0.717) is 25.8 Å². The van der Waals surface area contributed by atoms with Crippen molar-refractivity contribution in [2.24, 2.45) is 0 Å². The molecule has 0 saturated carbocycles. The van der Waals surface area contributed by atoms with Crippen LogP contribution in [0.1, 0.15) is 31.7 Å². The molecular formula is C21H29N3O5S. The maximum atomic E-state index is 12.8. The van der Waals surface area contributed by atoms with Crippen molar-refractivity contribution in [2.75, 3.05) is 18.6 Å². The van der Waals surface area contributed by atoms with Crippen LogP contribution in [0.15, 0.2) is 30.3 Å². The number of carbonyl (C=O) groups is 4. The molecule has 1 saturated heterocycles. The second-order valence-electron chi connectivity index (χ2n) is 7.15. The highest BCUT2D eigenvalue weighted by molar-refractivity contribution is 7.98. The predicted molar refractivity (Wildman–Crippen MR) is 115 cm³/mol. The summed E-state index contributed by atoms with van der Waals surface area (Å²) in [6, 6.07) is 7.19. The van der Waals surface area contributed by atoms with Crippen molar-refractivity contribution in [1.29, 1.82) is 0 Å². The Morgan fingerprint density at radius 3 is 2.67 bits per heavy atom. The zero-order valence-electron chi connectivity index (χ0n) is 17.3. The first-order chi connectivity index (χ1) is 14.5. The highest BCUT2D eigenvalue weighted by Gasteiger charge is 2.37. The molecule has 1 aliphatic heterocycles. The molecule has 1 aromatic rings. The number of likely N-dealkylation sites (tertiary alicyclic amines) is 1. The Morgan fingerprint density at radius 2 is 2.00 bits per heavy atom. The van der Waals surface area contributed by atoms with Gasteiger partial charge in [0.25, 0.3) is 0 Å². The number of hydrogen-bond donors (Lipinski definition) is 2. The smallest absolute Gasteiger partial charge is 0.408 e. The van der Waals surface area contributed by atoms with Crippen molar-refractivity contribution in [1.82, 2.24) is 15.5 Å². The number of nitrogens with zero attached hydrogens (tertiary/aromatic N) is 1. The zero-order chi connectivity index (χ0) is 21.9. The number of amides is 3. The van der Waals surface area contributed by atoms with Crippen molar-refractivity contribution in [3.05, 3.63) is 35.9 Å². The van der Waals surface area contributed by atoms with Gasteiger partial charge in [-0.15, -0.1) is 0 Å². The van der Waals surface area contributed by atoms with Gasteiger partial charge in [-0.1, -0.05) is 30.3 Å². The van der Waals surface area contributed by atoms with Crippen LogP contribution < -0.4 is 10.6 Å². The van der Waals surface area contributed by atoms with Crippen LogP contribution in [0.4, 0.5) is 4.79 Å². The molecule has 1 heterocycles. The van der Waals surface area contributed by atoms with Gasteiger partial charge in [0, 0.05) is 6.54 Å². The molecule has 30 heavy (non-hydrogen) atoms. The van der Waals surface area contributed by atoms with Gasteiger partial charge in [0.15, 0.2) is 0 Å². The van der Waals surface area contributed by atoms with E-state index in [4.69, 9.17) is 4.74 Å². The van der Waals surface area contributed by atoms with Crippen molar-refractivity contribution >= 4 is 36.0 Å². The fourth-order valence-corrected chi connectivity index (χ4v) is 3.74. The standard InChI is InChI=1S/C21H29N3O5S/c1-15(22-21(28)29-14-16-7-4-3-5-8-16)20(27)24-11-6-9-18(24)19(26)23-17(13-25)10-12-30-2/h3-5,7-8,13,15,17-18H,6,9-12,14H2,1-2H3,(H,22,28)(H,23,26)/t15-,17-,18-/m0/s1. The van der Waals surface area contributed by atoms with Gasteiger partial charge in [-0.2, -0.15) is 11.8 Å². The molecule has 0 aromatic heterocycles. The molecule has 0 radical (unpaired) electrons. The van der Waals surface area contributed by atoms with E-state index in [1.54, 1.807) is 18.7 Å². The van der Waals surface area contributed by atoms with E-state index in [2.05, 4.69) is 10.6 Å². The highest BCUT2D eigenvalue weighted by atomic mass is 32.2. The summed E-state index contributed by atoms with van der Waals surface area (Å²) in [5, 5.41) is 5.24. The number of nitrogens with one attached hydrogen (secondary N) is 2. The Bertz CT molecular complexity index is 731. The molecule has 2 N–H and O–H groups in total. The first-order valence-electron chi connectivity index (χ1n) is 9.98. The Balaban J connectivity index is 1.86.